The van der Waals surface area contributed by atoms with Crippen LogP contribution in [0.1, 0.15) is 18.1 Å². The number of esters is 1. The first kappa shape index (κ1) is 27.7. The van der Waals surface area contributed by atoms with Crippen LogP contribution in [-0.2, 0) is 20.9 Å². The summed E-state index contributed by atoms with van der Waals surface area (Å²) in [6, 6.07) is 29.8. The van der Waals surface area contributed by atoms with E-state index >= 15 is 0 Å². The highest BCUT2D eigenvalue weighted by Crippen LogP contribution is 2.30. The van der Waals surface area contributed by atoms with Crippen molar-refractivity contribution in [2.45, 2.75) is 20.4 Å². The molecule has 5 aromatic rings. The minimum Gasteiger partial charge on any atom is -0.466 e. The molecule has 1 aromatic heterocycles. The number of ether oxygens (including phenoxy) is 1. The van der Waals surface area contributed by atoms with Gasteiger partial charge in [-0.1, -0.05) is 65.7 Å². The van der Waals surface area contributed by atoms with Crippen molar-refractivity contribution in [3.8, 4) is 16.8 Å². The molecule has 0 aliphatic carbocycles. The molecule has 1 heterocycles. The summed E-state index contributed by atoms with van der Waals surface area (Å²) in [5.74, 6) is -0.619. The van der Waals surface area contributed by atoms with Crippen molar-refractivity contribution in [3.05, 3.63) is 125 Å². The number of carbonyl (C=O) groups excluding carboxylic acids is 2. The van der Waals surface area contributed by atoms with Crippen LogP contribution in [-0.4, -0.2) is 28.1 Å². The number of nitrogens with zero attached hydrogens (tertiary/aromatic N) is 3. The summed E-state index contributed by atoms with van der Waals surface area (Å²) in [6.07, 6.45) is 2.73. The third kappa shape index (κ3) is 6.00. The first-order valence-corrected chi connectivity index (χ1v) is 13.4. The fourth-order valence-corrected chi connectivity index (χ4v) is 4.97. The van der Waals surface area contributed by atoms with E-state index in [-0.39, 0.29) is 5.91 Å². The number of imidazole rings is 1. The first-order chi connectivity index (χ1) is 19.9. The fourth-order valence-electron chi connectivity index (χ4n) is 4.77. The zero-order chi connectivity index (χ0) is 28.9. The van der Waals surface area contributed by atoms with Crippen LogP contribution >= 0.6 is 11.6 Å². The Bertz CT molecular complexity index is 1850. The molecule has 0 saturated heterocycles. The van der Waals surface area contributed by atoms with Gasteiger partial charge in [0.2, 0.25) is 11.5 Å². The van der Waals surface area contributed by atoms with E-state index in [1.54, 1.807) is 0 Å². The molecule has 7 nitrogen and oxygen atoms in total. The first-order valence-electron chi connectivity index (χ1n) is 13.1. The largest absolute Gasteiger partial charge is 0.466 e. The number of aromatic nitrogens is 2. The van der Waals surface area contributed by atoms with E-state index in [4.69, 9.17) is 21.3 Å². The van der Waals surface area contributed by atoms with Crippen molar-refractivity contribution >= 4 is 40.2 Å². The van der Waals surface area contributed by atoms with Crippen molar-refractivity contribution in [3.63, 3.8) is 0 Å². The van der Waals surface area contributed by atoms with Gasteiger partial charge in [0.15, 0.2) is 0 Å². The zero-order valence-corrected chi connectivity index (χ0v) is 23.7. The number of carbonyl (C=O) groups is 2. The van der Waals surface area contributed by atoms with Crippen LogP contribution in [0.25, 0.3) is 27.8 Å². The molecule has 0 bridgehead atoms. The molecule has 0 aliphatic heterocycles. The van der Waals surface area contributed by atoms with Crippen LogP contribution in [0.15, 0.2) is 108 Å². The third-order valence-electron chi connectivity index (χ3n) is 6.67. The second-order valence-corrected chi connectivity index (χ2v) is 9.95. The summed E-state index contributed by atoms with van der Waals surface area (Å²) in [6.45, 7) is 4.00. The van der Waals surface area contributed by atoms with Crippen molar-refractivity contribution in [2.75, 3.05) is 12.4 Å². The normalized spacial score (nSPS) is 11.8. The lowest BCUT2D eigenvalue weighted by Gasteiger charge is -2.13. The zero-order valence-electron chi connectivity index (χ0n) is 23.0. The smallest absolute Gasteiger partial charge is 0.332 e. The van der Waals surface area contributed by atoms with Gasteiger partial charge in [-0.2, -0.15) is 0 Å². The number of aryl methyl sites for hydroxylation is 1. The number of benzene rings is 4. The van der Waals surface area contributed by atoms with Gasteiger partial charge in [0.25, 0.3) is 0 Å². The van der Waals surface area contributed by atoms with Gasteiger partial charge in [-0.3, -0.25) is 9.36 Å². The summed E-state index contributed by atoms with van der Waals surface area (Å²) < 4.78 is 8.87. The van der Waals surface area contributed by atoms with Crippen LogP contribution in [0.3, 0.4) is 0 Å². The molecule has 1 amide bonds. The monoisotopic (exact) mass is 564 g/mol. The Labute approximate surface area is 243 Å². The number of amides is 1. The highest BCUT2D eigenvalue weighted by Gasteiger charge is 2.15. The number of hydrogen-bond acceptors (Lipinski definition) is 4. The topological polar surface area (TPSA) is 77.6 Å². The highest BCUT2D eigenvalue weighted by molar-refractivity contribution is 6.31. The molecule has 0 unspecified atom stereocenters. The summed E-state index contributed by atoms with van der Waals surface area (Å²) >= 11 is 6.54. The van der Waals surface area contributed by atoms with Gasteiger partial charge in [0, 0.05) is 41.2 Å². The minimum absolute atomic E-state index is 0.125. The predicted molar refractivity (Wildman–Crippen MR) is 163 cm³/mol. The van der Waals surface area contributed by atoms with E-state index < -0.39 is 5.97 Å². The molecule has 0 atom stereocenters. The van der Waals surface area contributed by atoms with E-state index in [1.807, 2.05) is 96.4 Å². The molecule has 41 heavy (non-hydrogen) atoms. The SMILES string of the molecule is COC(=O)C=CN=c1n(Cc2ccccc2Cl)c2ccccc2n1-c1ccc(-c2cc(C)ccc2NC(C)=O)cc1. The molecule has 0 saturated carbocycles. The average molecular weight is 565 g/mol. The maximum absolute atomic E-state index is 11.8. The number of anilines is 1. The summed E-state index contributed by atoms with van der Waals surface area (Å²) in [5.41, 5.74) is 8.05. The lowest BCUT2D eigenvalue weighted by Crippen LogP contribution is -2.25. The van der Waals surface area contributed by atoms with Crippen LogP contribution in [0.4, 0.5) is 5.69 Å². The van der Waals surface area contributed by atoms with Gasteiger partial charge in [0.05, 0.1) is 24.7 Å². The molecule has 0 fully saturated rings. The van der Waals surface area contributed by atoms with Crippen LogP contribution in [0, 0.1) is 6.92 Å². The third-order valence-corrected chi connectivity index (χ3v) is 7.03. The predicted octanol–water partition coefficient (Wildman–Crippen LogP) is 6.65. The molecule has 8 heteroatoms. The van der Waals surface area contributed by atoms with Gasteiger partial charge >= 0.3 is 5.97 Å². The second-order valence-electron chi connectivity index (χ2n) is 9.55. The standard InChI is InChI=1S/C33H29ClN4O3/c1-22-12-17-29(36-23(2)39)27(20-22)24-13-15-26(16-14-24)38-31-11-7-6-10-30(31)37(21-25-8-4-5-9-28(25)34)33(38)35-19-18-32(40)41-3/h4-20H,21H2,1-3H3,(H,36,39). The summed E-state index contributed by atoms with van der Waals surface area (Å²) in [4.78, 5) is 28.4. The number of rotatable bonds is 7. The van der Waals surface area contributed by atoms with Gasteiger partial charge in [-0.05, 0) is 60.5 Å². The Morgan fingerprint density at radius 3 is 2.37 bits per heavy atom. The van der Waals surface area contributed by atoms with E-state index in [0.717, 1.165) is 44.7 Å². The lowest BCUT2D eigenvalue weighted by atomic mass is 10.0. The Balaban J connectivity index is 1.69. The number of methoxy groups -OCH3 is 1. The number of para-hydroxylation sites is 2. The van der Waals surface area contributed by atoms with E-state index in [2.05, 4.69) is 16.0 Å². The number of fused-ring (bicyclic) bond motifs is 1. The molecule has 0 aliphatic rings. The Morgan fingerprint density at radius 1 is 0.951 bits per heavy atom. The molecule has 5 rings (SSSR count). The van der Waals surface area contributed by atoms with Gasteiger partial charge < -0.3 is 14.6 Å². The van der Waals surface area contributed by atoms with Crippen LogP contribution < -0.4 is 10.9 Å². The Kier molecular flexibility index (Phi) is 8.17. The van der Waals surface area contributed by atoms with Crippen molar-refractivity contribution < 1.29 is 14.3 Å². The maximum atomic E-state index is 11.8. The van der Waals surface area contributed by atoms with Crippen molar-refractivity contribution in [1.82, 2.24) is 9.13 Å². The highest BCUT2D eigenvalue weighted by atomic mass is 35.5. The van der Waals surface area contributed by atoms with Gasteiger partial charge in [-0.15, -0.1) is 0 Å². The molecule has 4 aromatic carbocycles. The van der Waals surface area contributed by atoms with E-state index in [0.29, 0.717) is 17.2 Å². The van der Waals surface area contributed by atoms with E-state index in [9.17, 15) is 9.59 Å². The Hall–Kier alpha value is -4.88. The molecule has 1 N–H and O–H groups in total. The maximum Gasteiger partial charge on any atom is 0.332 e. The van der Waals surface area contributed by atoms with Crippen LogP contribution in [0.2, 0.25) is 5.02 Å². The van der Waals surface area contributed by atoms with E-state index in [1.165, 1.54) is 26.3 Å². The molecule has 0 spiro atoms. The van der Waals surface area contributed by atoms with Crippen molar-refractivity contribution in [1.29, 1.82) is 0 Å². The second kappa shape index (κ2) is 12.1. The van der Waals surface area contributed by atoms with Gasteiger partial charge in [-0.25, -0.2) is 9.79 Å². The number of halogens is 1. The lowest BCUT2D eigenvalue weighted by molar-refractivity contribution is -0.134. The molecular weight excluding hydrogens is 536 g/mol. The molecule has 0 radical (unpaired) electrons. The number of hydrogen-bond donors (Lipinski definition) is 1. The number of nitrogens with one attached hydrogen (secondary N) is 1. The Morgan fingerprint density at radius 2 is 1.66 bits per heavy atom. The quantitative estimate of drug-likeness (QED) is 0.177. The summed E-state index contributed by atoms with van der Waals surface area (Å²) in [7, 11) is 1.33. The average Bonchev–Trinajstić information content (AvgIpc) is 3.27. The van der Waals surface area contributed by atoms with Crippen molar-refractivity contribution in [2.24, 2.45) is 4.99 Å². The molecular formula is C33H29ClN4O3. The fraction of sp³-hybridized carbons (Fsp3) is 0.121. The van der Waals surface area contributed by atoms with Gasteiger partial charge in [0.1, 0.15) is 0 Å². The summed E-state index contributed by atoms with van der Waals surface area (Å²) in [5, 5.41) is 3.59. The molecule has 206 valence electrons. The van der Waals surface area contributed by atoms with Crippen LogP contribution in [0.5, 0.6) is 0 Å². The minimum atomic E-state index is -0.494.